The smallest absolute Gasteiger partial charge is 0.261 e. The summed E-state index contributed by atoms with van der Waals surface area (Å²) in [5, 5.41) is 2.54. The van der Waals surface area contributed by atoms with Crippen LogP contribution in [0.15, 0.2) is 94.4 Å². The monoisotopic (exact) mass is 708 g/mol. The molecule has 0 bridgehead atoms. The Morgan fingerprint density at radius 1 is 1.00 bits per heavy atom. The molecule has 1 saturated heterocycles. The van der Waals surface area contributed by atoms with E-state index >= 15 is 0 Å². The number of halogens is 3. The molecular formula is C31H39Br3O2Si. The first-order valence-corrected chi connectivity index (χ1v) is 17.5. The lowest BCUT2D eigenvalue weighted by Gasteiger charge is -2.45. The lowest BCUT2D eigenvalue weighted by molar-refractivity contribution is 0.0170. The molecule has 0 amide bonds. The second-order valence-corrected chi connectivity index (χ2v) is 18.7. The number of hydrogen-bond acceptors (Lipinski definition) is 2. The molecule has 3 rings (SSSR count). The molecule has 0 N–H and O–H groups in total. The maximum Gasteiger partial charge on any atom is 0.261 e. The van der Waals surface area contributed by atoms with Crippen LogP contribution in [0, 0.1) is 0 Å². The van der Waals surface area contributed by atoms with Crippen LogP contribution in [0.2, 0.25) is 5.04 Å². The Hall–Kier alpha value is -0.763. The topological polar surface area (TPSA) is 18.5 Å². The predicted molar refractivity (Wildman–Crippen MR) is 172 cm³/mol. The van der Waals surface area contributed by atoms with Crippen molar-refractivity contribution in [1.82, 2.24) is 0 Å². The molecule has 2 unspecified atom stereocenters. The van der Waals surface area contributed by atoms with E-state index in [-0.39, 0.29) is 28.2 Å². The third-order valence-corrected chi connectivity index (χ3v) is 13.4. The van der Waals surface area contributed by atoms with Gasteiger partial charge in [-0.05, 0) is 72.6 Å². The van der Waals surface area contributed by atoms with Crippen LogP contribution in [0.5, 0.6) is 0 Å². The maximum atomic E-state index is 7.54. The largest absolute Gasteiger partial charge is 0.402 e. The van der Waals surface area contributed by atoms with E-state index in [0.29, 0.717) is 0 Å². The Morgan fingerprint density at radius 3 is 2.11 bits per heavy atom. The summed E-state index contributed by atoms with van der Waals surface area (Å²) in [7, 11) is -2.68. The van der Waals surface area contributed by atoms with Gasteiger partial charge in [0.05, 0.1) is 21.7 Å². The normalized spacial score (nSPS) is 21.5. The minimum atomic E-state index is -2.68. The average molecular weight is 711 g/mol. The number of allylic oxidation sites excluding steroid dienone is 4. The van der Waals surface area contributed by atoms with Crippen molar-refractivity contribution in [2.24, 2.45) is 0 Å². The van der Waals surface area contributed by atoms with E-state index in [1.807, 2.05) is 6.08 Å². The summed E-state index contributed by atoms with van der Waals surface area (Å²) >= 11 is 10.8. The molecule has 1 fully saturated rings. The molecule has 1 heterocycles. The molecule has 2 aromatic rings. The van der Waals surface area contributed by atoms with Gasteiger partial charge in [-0.1, -0.05) is 129 Å². The predicted octanol–water partition coefficient (Wildman–Crippen LogP) is 8.79. The zero-order chi connectivity index (χ0) is 26.9. The quantitative estimate of drug-likeness (QED) is 0.101. The van der Waals surface area contributed by atoms with Gasteiger partial charge < -0.3 is 9.16 Å². The maximum absolute atomic E-state index is 7.54. The van der Waals surface area contributed by atoms with Crippen LogP contribution in [-0.4, -0.2) is 31.5 Å². The average Bonchev–Trinajstić information content (AvgIpc) is 3.28. The van der Waals surface area contributed by atoms with Crippen molar-refractivity contribution >= 4 is 66.5 Å². The summed E-state index contributed by atoms with van der Waals surface area (Å²) in [4.78, 5) is 0.256. The molecule has 0 spiro atoms. The number of ether oxygens (including phenoxy) is 1. The summed E-state index contributed by atoms with van der Waals surface area (Å²) in [6, 6.07) is 21.8. The molecular weight excluding hydrogens is 672 g/mol. The molecule has 0 aromatic heterocycles. The highest BCUT2D eigenvalue weighted by molar-refractivity contribution is 9.28. The molecule has 37 heavy (non-hydrogen) atoms. The Balaban J connectivity index is 2.01. The highest BCUT2D eigenvalue weighted by Gasteiger charge is 2.53. The Labute approximate surface area is 250 Å². The second-order valence-electron chi connectivity index (χ2n) is 10.5. The van der Waals surface area contributed by atoms with Crippen LogP contribution >= 0.6 is 47.8 Å². The van der Waals surface area contributed by atoms with E-state index < -0.39 is 8.32 Å². The molecule has 2 aromatic carbocycles. The fraction of sp³-hybridized carbons (Fsp3) is 0.419. The van der Waals surface area contributed by atoms with Crippen molar-refractivity contribution < 1.29 is 9.16 Å². The van der Waals surface area contributed by atoms with E-state index in [2.05, 4.69) is 160 Å². The van der Waals surface area contributed by atoms with Crippen LogP contribution < -0.4 is 10.4 Å². The fourth-order valence-electron chi connectivity index (χ4n) is 5.13. The van der Waals surface area contributed by atoms with Crippen LogP contribution in [0.25, 0.3) is 0 Å². The SMILES string of the molecule is CC/C=C/C[C@@H](Br)C1C[C@H](O[Si](c2ccccc2)(c2ccccc2)C(C)(C)C)C(C/C=C/C=C(Br)Br)O1. The summed E-state index contributed by atoms with van der Waals surface area (Å²) in [5.41, 5.74) is 0. The lowest BCUT2D eigenvalue weighted by atomic mass is 10.1. The van der Waals surface area contributed by atoms with E-state index in [0.717, 1.165) is 29.1 Å². The summed E-state index contributed by atoms with van der Waals surface area (Å²) in [6.45, 7) is 9.18. The van der Waals surface area contributed by atoms with Crippen molar-refractivity contribution in [1.29, 1.82) is 0 Å². The highest BCUT2D eigenvalue weighted by Crippen LogP contribution is 2.41. The Kier molecular flexibility index (Phi) is 12.1. The lowest BCUT2D eigenvalue weighted by Crippen LogP contribution is -2.68. The molecule has 0 saturated carbocycles. The van der Waals surface area contributed by atoms with E-state index in [9.17, 15) is 0 Å². The number of hydrogen-bond donors (Lipinski definition) is 0. The molecule has 4 atom stereocenters. The first-order chi connectivity index (χ1) is 17.7. The van der Waals surface area contributed by atoms with Crippen LogP contribution in [-0.2, 0) is 9.16 Å². The van der Waals surface area contributed by atoms with Gasteiger partial charge >= 0.3 is 0 Å². The van der Waals surface area contributed by atoms with Gasteiger partial charge in [0.15, 0.2) is 0 Å². The first kappa shape index (κ1) is 30.8. The van der Waals surface area contributed by atoms with Crippen LogP contribution in [0.3, 0.4) is 0 Å². The zero-order valence-electron chi connectivity index (χ0n) is 22.2. The third kappa shape index (κ3) is 8.12. The first-order valence-electron chi connectivity index (χ1n) is 13.1. The Bertz CT molecular complexity index is 1000. The van der Waals surface area contributed by atoms with E-state index in [1.54, 1.807) is 0 Å². The molecule has 200 valence electrons. The summed E-state index contributed by atoms with van der Waals surface area (Å²) in [5.74, 6) is 0. The standard InChI is InChI=1S/C31H39Br3O2Si/c1-5-6-9-20-26(32)28-23-29(27(35-28)21-14-15-22-30(33)34)36-37(31(2,3)4,24-16-10-7-11-17-24)25-18-12-8-13-19-25/h6-19,22,26-29H,5,20-21,23H2,1-4H3/b9-6+,15-14+/t26-,27?,28?,29+/m1/s1. The number of alkyl halides is 1. The number of rotatable bonds is 11. The minimum Gasteiger partial charge on any atom is -0.402 e. The fourth-order valence-corrected chi connectivity index (χ4v) is 10.7. The van der Waals surface area contributed by atoms with Crippen molar-refractivity contribution in [2.75, 3.05) is 0 Å². The molecule has 6 heteroatoms. The van der Waals surface area contributed by atoms with Gasteiger partial charge in [0.2, 0.25) is 0 Å². The molecule has 2 nitrogen and oxygen atoms in total. The number of benzene rings is 2. The summed E-state index contributed by atoms with van der Waals surface area (Å²) in [6.07, 6.45) is 14.5. The van der Waals surface area contributed by atoms with E-state index in [4.69, 9.17) is 9.16 Å². The van der Waals surface area contributed by atoms with Gasteiger partial charge in [0, 0.05) is 11.2 Å². The third-order valence-electron chi connectivity index (χ3n) is 6.87. The van der Waals surface area contributed by atoms with Gasteiger partial charge in [0.25, 0.3) is 8.32 Å². The summed E-state index contributed by atoms with van der Waals surface area (Å²) < 4.78 is 15.2. The van der Waals surface area contributed by atoms with Crippen molar-refractivity contribution in [3.8, 4) is 0 Å². The van der Waals surface area contributed by atoms with Crippen molar-refractivity contribution in [3.05, 3.63) is 94.4 Å². The van der Waals surface area contributed by atoms with Crippen molar-refractivity contribution in [2.45, 2.75) is 81.6 Å². The van der Waals surface area contributed by atoms with Crippen LogP contribution in [0.4, 0.5) is 0 Å². The molecule has 1 aliphatic heterocycles. The van der Waals surface area contributed by atoms with Gasteiger partial charge in [-0.15, -0.1) is 0 Å². The van der Waals surface area contributed by atoms with Crippen LogP contribution in [0.1, 0.15) is 53.4 Å². The van der Waals surface area contributed by atoms with Gasteiger partial charge in [-0.2, -0.15) is 0 Å². The molecule has 1 aliphatic rings. The highest BCUT2D eigenvalue weighted by atomic mass is 79.9. The van der Waals surface area contributed by atoms with Gasteiger partial charge in [0.1, 0.15) is 0 Å². The van der Waals surface area contributed by atoms with Gasteiger partial charge in [-0.25, -0.2) is 0 Å². The molecule has 0 aliphatic carbocycles. The van der Waals surface area contributed by atoms with Crippen molar-refractivity contribution in [3.63, 3.8) is 0 Å². The molecule has 0 radical (unpaired) electrons. The second kappa shape index (κ2) is 14.6. The zero-order valence-corrected chi connectivity index (χ0v) is 28.0. The minimum absolute atomic E-state index is 0.00690. The van der Waals surface area contributed by atoms with E-state index in [1.165, 1.54) is 10.4 Å². The Morgan fingerprint density at radius 2 is 1.59 bits per heavy atom. The van der Waals surface area contributed by atoms with Gasteiger partial charge in [-0.3, -0.25) is 0 Å².